The van der Waals surface area contributed by atoms with Gasteiger partial charge in [-0.15, -0.1) is 0 Å². The zero-order valence-electron chi connectivity index (χ0n) is 9.67. The lowest BCUT2D eigenvalue weighted by Crippen LogP contribution is -1.77. The lowest BCUT2D eigenvalue weighted by atomic mass is 10.2. The summed E-state index contributed by atoms with van der Waals surface area (Å²) in [5.74, 6) is 0. The topological polar surface area (TPSA) is 12.9 Å². The molecule has 0 N–H and O–H groups in total. The quantitative estimate of drug-likeness (QED) is 0.636. The molecule has 1 aromatic rings. The van der Waals surface area contributed by atoms with Crippen molar-refractivity contribution in [2.75, 3.05) is 0 Å². The highest BCUT2D eigenvalue weighted by atomic mass is 14.6. The highest BCUT2D eigenvalue weighted by molar-refractivity contribution is 5.07. The Bertz CT molecular complexity index is 158. The van der Waals surface area contributed by atoms with Gasteiger partial charge in [0.2, 0.25) is 0 Å². The molecule has 0 aliphatic heterocycles. The van der Waals surface area contributed by atoms with Crippen LogP contribution in [0.4, 0.5) is 0 Å². The summed E-state index contributed by atoms with van der Waals surface area (Å²) in [7, 11) is 0. The molecule has 0 aromatic carbocycles. The monoisotopic (exact) mass is 181 g/mol. The molecule has 0 atom stereocenters. The second kappa shape index (κ2) is 13.7. The average Bonchev–Trinajstić information content (AvgIpc) is 2.23. The Kier molecular flexibility index (Phi) is 15.5. The second-order valence-corrected chi connectivity index (χ2v) is 2.42. The Morgan fingerprint density at radius 2 is 1.69 bits per heavy atom. The van der Waals surface area contributed by atoms with Crippen LogP contribution in [0.1, 0.15) is 46.6 Å². The van der Waals surface area contributed by atoms with Gasteiger partial charge in [0.15, 0.2) is 0 Å². The van der Waals surface area contributed by atoms with Gasteiger partial charge in [0, 0.05) is 12.4 Å². The summed E-state index contributed by atoms with van der Waals surface area (Å²) in [6.45, 7) is 10.4. The van der Waals surface area contributed by atoms with Gasteiger partial charge >= 0.3 is 0 Å². The van der Waals surface area contributed by atoms with Crippen LogP contribution < -0.4 is 0 Å². The Labute approximate surface area is 83.2 Å². The minimum absolute atomic E-state index is 1.08. The van der Waals surface area contributed by atoms with Crippen molar-refractivity contribution in [3.05, 3.63) is 30.1 Å². The molecule has 0 fully saturated rings. The van der Waals surface area contributed by atoms with Crippen molar-refractivity contribution in [1.82, 2.24) is 4.98 Å². The van der Waals surface area contributed by atoms with Crippen molar-refractivity contribution < 1.29 is 0 Å². The molecular weight excluding hydrogens is 158 g/mol. The van der Waals surface area contributed by atoms with Crippen LogP contribution in [-0.4, -0.2) is 4.98 Å². The summed E-state index contributed by atoms with van der Waals surface area (Å²) in [4.78, 5) is 3.96. The first-order chi connectivity index (χ1) is 6.35. The Morgan fingerprint density at radius 1 is 1.15 bits per heavy atom. The van der Waals surface area contributed by atoms with Gasteiger partial charge in [-0.3, -0.25) is 4.98 Å². The number of rotatable bonds is 1. The van der Waals surface area contributed by atoms with E-state index in [1.54, 1.807) is 6.20 Å². The molecule has 0 aliphatic rings. The number of aromatic nitrogens is 1. The summed E-state index contributed by atoms with van der Waals surface area (Å²) >= 11 is 0. The van der Waals surface area contributed by atoms with Crippen LogP contribution in [0.3, 0.4) is 0 Å². The average molecular weight is 181 g/mol. The minimum Gasteiger partial charge on any atom is -0.264 e. The maximum Gasteiger partial charge on any atom is 0.0299 e. The van der Waals surface area contributed by atoms with E-state index in [-0.39, 0.29) is 0 Å². The van der Waals surface area contributed by atoms with Crippen molar-refractivity contribution in [2.45, 2.75) is 47.5 Å². The van der Waals surface area contributed by atoms with E-state index in [1.807, 2.05) is 26.1 Å². The fourth-order valence-electron chi connectivity index (χ4n) is 0.607. The predicted molar refractivity (Wildman–Crippen MR) is 60.9 cm³/mol. The SMILES string of the molecule is CC.CCC.CCc1cccnc1. The Hall–Kier alpha value is -0.850. The van der Waals surface area contributed by atoms with E-state index in [2.05, 4.69) is 31.8 Å². The third-order valence-electron chi connectivity index (χ3n) is 1.13. The van der Waals surface area contributed by atoms with E-state index >= 15 is 0 Å². The molecule has 0 radical (unpaired) electrons. The molecular formula is C12H23N. The van der Waals surface area contributed by atoms with Gasteiger partial charge < -0.3 is 0 Å². The van der Waals surface area contributed by atoms with Gasteiger partial charge in [-0.2, -0.15) is 0 Å². The van der Waals surface area contributed by atoms with Gasteiger partial charge in [0.25, 0.3) is 0 Å². The molecule has 1 aromatic heterocycles. The fourth-order valence-corrected chi connectivity index (χ4v) is 0.607. The number of nitrogens with zero attached hydrogens (tertiary/aromatic N) is 1. The first-order valence-electron chi connectivity index (χ1n) is 5.24. The van der Waals surface area contributed by atoms with Gasteiger partial charge in [-0.25, -0.2) is 0 Å². The molecule has 0 unspecified atom stereocenters. The summed E-state index contributed by atoms with van der Waals surface area (Å²) < 4.78 is 0. The van der Waals surface area contributed by atoms with E-state index in [0.717, 1.165) is 6.42 Å². The molecule has 0 saturated heterocycles. The molecule has 76 valence electrons. The summed E-state index contributed by atoms with van der Waals surface area (Å²) in [6, 6.07) is 4.03. The number of hydrogen-bond donors (Lipinski definition) is 0. The van der Waals surface area contributed by atoms with Crippen molar-refractivity contribution in [2.24, 2.45) is 0 Å². The van der Waals surface area contributed by atoms with Crippen LogP contribution >= 0.6 is 0 Å². The molecule has 1 heterocycles. The standard InChI is InChI=1S/C7H9N.C3H8.C2H6/c1-2-7-4-3-5-8-6-7;1-3-2;1-2/h3-6H,2H2,1H3;3H2,1-2H3;1-2H3. The molecule has 1 heteroatoms. The maximum absolute atomic E-state index is 3.96. The zero-order chi connectivity index (χ0) is 10.5. The van der Waals surface area contributed by atoms with Crippen LogP contribution in [0.25, 0.3) is 0 Å². The smallest absolute Gasteiger partial charge is 0.0299 e. The Morgan fingerprint density at radius 3 is 1.92 bits per heavy atom. The van der Waals surface area contributed by atoms with E-state index in [0.29, 0.717) is 0 Å². The minimum atomic E-state index is 1.08. The van der Waals surface area contributed by atoms with Crippen molar-refractivity contribution in [3.63, 3.8) is 0 Å². The van der Waals surface area contributed by atoms with Crippen molar-refractivity contribution >= 4 is 0 Å². The van der Waals surface area contributed by atoms with E-state index in [1.165, 1.54) is 12.0 Å². The third-order valence-corrected chi connectivity index (χ3v) is 1.13. The highest BCUT2D eigenvalue weighted by Crippen LogP contribution is 1.93. The van der Waals surface area contributed by atoms with Gasteiger partial charge in [-0.1, -0.05) is 47.1 Å². The molecule has 1 rings (SSSR count). The van der Waals surface area contributed by atoms with Crippen molar-refractivity contribution in [3.8, 4) is 0 Å². The predicted octanol–water partition coefficient (Wildman–Crippen LogP) is 4.09. The van der Waals surface area contributed by atoms with Crippen molar-refractivity contribution in [1.29, 1.82) is 0 Å². The van der Waals surface area contributed by atoms with Crippen LogP contribution in [0, 0.1) is 0 Å². The largest absolute Gasteiger partial charge is 0.264 e. The number of pyridine rings is 1. The molecule has 13 heavy (non-hydrogen) atoms. The second-order valence-electron chi connectivity index (χ2n) is 2.42. The van der Waals surface area contributed by atoms with Crippen LogP contribution in [0.15, 0.2) is 24.5 Å². The first-order valence-corrected chi connectivity index (χ1v) is 5.24. The van der Waals surface area contributed by atoms with Crippen LogP contribution in [0.5, 0.6) is 0 Å². The van der Waals surface area contributed by atoms with Crippen LogP contribution in [0.2, 0.25) is 0 Å². The van der Waals surface area contributed by atoms with Crippen LogP contribution in [-0.2, 0) is 6.42 Å². The van der Waals surface area contributed by atoms with Gasteiger partial charge in [0.1, 0.15) is 0 Å². The first kappa shape index (κ1) is 14.7. The van der Waals surface area contributed by atoms with Gasteiger partial charge in [0.05, 0.1) is 0 Å². The number of aryl methyl sites for hydroxylation is 1. The molecule has 0 bridgehead atoms. The summed E-state index contributed by atoms with van der Waals surface area (Å²) in [6.07, 6.45) is 6.01. The molecule has 0 saturated carbocycles. The highest BCUT2D eigenvalue weighted by Gasteiger charge is 1.81. The zero-order valence-corrected chi connectivity index (χ0v) is 9.67. The van der Waals surface area contributed by atoms with E-state index < -0.39 is 0 Å². The molecule has 0 aliphatic carbocycles. The molecule has 1 nitrogen and oxygen atoms in total. The lowest BCUT2D eigenvalue weighted by molar-refractivity contribution is 1.09. The third kappa shape index (κ3) is 11.1. The summed E-state index contributed by atoms with van der Waals surface area (Å²) in [5, 5.41) is 0. The maximum atomic E-state index is 3.96. The van der Waals surface area contributed by atoms with E-state index in [9.17, 15) is 0 Å². The molecule has 0 spiro atoms. The Balaban J connectivity index is 0. The lowest BCUT2D eigenvalue weighted by Gasteiger charge is -1.88. The van der Waals surface area contributed by atoms with E-state index in [4.69, 9.17) is 0 Å². The summed E-state index contributed by atoms with van der Waals surface area (Å²) in [5.41, 5.74) is 1.30. The number of hydrogen-bond acceptors (Lipinski definition) is 1. The normalized spacial score (nSPS) is 7.46. The van der Waals surface area contributed by atoms with Gasteiger partial charge in [-0.05, 0) is 18.1 Å². The fraction of sp³-hybridized carbons (Fsp3) is 0.583. The molecule has 0 amide bonds.